The minimum Gasteiger partial charge on any atom is -0.0985 e. The molecule has 0 spiro atoms. The van der Waals surface area contributed by atoms with E-state index in [1.807, 2.05) is 6.08 Å². The Kier molecular flexibility index (Phi) is 5.93. The molecule has 0 saturated carbocycles. The summed E-state index contributed by atoms with van der Waals surface area (Å²) in [4.78, 5) is 0. The first-order valence-electron chi connectivity index (χ1n) is 4.08. The average Bonchev–Trinajstić information content (AvgIpc) is 2.07. The van der Waals surface area contributed by atoms with Gasteiger partial charge in [-0.2, -0.15) is 0 Å². The van der Waals surface area contributed by atoms with Crippen molar-refractivity contribution in [3.63, 3.8) is 0 Å². The molecule has 0 fully saturated rings. The van der Waals surface area contributed by atoms with E-state index in [9.17, 15) is 0 Å². The van der Waals surface area contributed by atoms with Gasteiger partial charge in [0.15, 0.2) is 0 Å². The van der Waals surface area contributed by atoms with Crippen molar-refractivity contribution in [2.75, 3.05) is 0 Å². The minimum atomic E-state index is 0. The van der Waals surface area contributed by atoms with Crippen LogP contribution >= 0.6 is 0 Å². The van der Waals surface area contributed by atoms with E-state index in [1.54, 1.807) is 0 Å². The van der Waals surface area contributed by atoms with Crippen molar-refractivity contribution >= 4 is 6.08 Å². The molecule has 0 bridgehead atoms. The first-order chi connectivity index (χ1) is 5.36. The third kappa shape index (κ3) is 3.32. The van der Waals surface area contributed by atoms with Crippen LogP contribution in [0.2, 0.25) is 0 Å². The Balaban J connectivity index is 0.00000121. The summed E-state index contributed by atoms with van der Waals surface area (Å²) in [5, 5.41) is 0. The van der Waals surface area contributed by atoms with E-state index >= 15 is 0 Å². The Labute approximate surface area is 87.4 Å². The first-order valence-corrected chi connectivity index (χ1v) is 4.08. The van der Waals surface area contributed by atoms with Crippen LogP contribution in [0.1, 0.15) is 24.5 Å². The Bertz CT molecular complexity index is 223. The van der Waals surface area contributed by atoms with Gasteiger partial charge in [-0.25, -0.2) is 0 Å². The monoisotopic (exact) mass is 210 g/mol. The molecule has 60 valence electrons. The Morgan fingerprint density at radius 3 is 2.25 bits per heavy atom. The number of hydrogen-bond donors (Lipinski definition) is 0. The first kappa shape index (κ1) is 11.6. The zero-order valence-corrected chi connectivity index (χ0v) is 10.7. The van der Waals surface area contributed by atoms with Gasteiger partial charge in [-0.05, 0) is 17.5 Å². The Morgan fingerprint density at radius 2 is 1.83 bits per heavy atom. The second kappa shape index (κ2) is 6.14. The van der Waals surface area contributed by atoms with Crippen molar-refractivity contribution in [1.82, 2.24) is 0 Å². The largest absolute Gasteiger partial charge is 0.0985 e. The zero-order valence-electron chi connectivity index (χ0n) is 7.72. The summed E-state index contributed by atoms with van der Waals surface area (Å²) in [7, 11) is 0. The second-order valence-corrected chi connectivity index (χ2v) is 2.70. The van der Waals surface area contributed by atoms with Crippen LogP contribution in [0.25, 0.3) is 6.08 Å². The van der Waals surface area contributed by atoms with Crippen molar-refractivity contribution in [3.8, 4) is 0 Å². The predicted octanol–water partition coefficient (Wildman–Crippen LogP) is 3.28. The summed E-state index contributed by atoms with van der Waals surface area (Å²) in [5.41, 5.74) is 2.61. The van der Waals surface area contributed by atoms with Crippen molar-refractivity contribution in [1.29, 1.82) is 0 Å². The fraction of sp³-hybridized carbons (Fsp3) is 0.273. The van der Waals surface area contributed by atoms with E-state index in [0.29, 0.717) is 0 Å². The van der Waals surface area contributed by atoms with E-state index in [0.717, 1.165) is 0 Å². The predicted molar refractivity (Wildman–Crippen MR) is 50.5 cm³/mol. The fourth-order valence-electron chi connectivity index (χ4n) is 1.11. The van der Waals surface area contributed by atoms with Crippen LogP contribution < -0.4 is 0 Å². The van der Waals surface area contributed by atoms with E-state index in [4.69, 9.17) is 0 Å². The van der Waals surface area contributed by atoms with Gasteiger partial charge in [-0.1, -0.05) is 50.3 Å². The Morgan fingerprint density at radius 1 is 1.25 bits per heavy atom. The molecule has 0 radical (unpaired) electrons. The molecule has 1 aromatic carbocycles. The second-order valence-electron chi connectivity index (χ2n) is 2.70. The maximum Gasteiger partial charge on any atom is 0 e. The normalized spacial score (nSPS) is 8.75. The summed E-state index contributed by atoms with van der Waals surface area (Å²) in [6.07, 6.45) is 4.26. The summed E-state index contributed by atoms with van der Waals surface area (Å²) >= 11 is 0. The van der Waals surface area contributed by atoms with Crippen LogP contribution in [0, 0.1) is 0 Å². The van der Waals surface area contributed by atoms with Crippen molar-refractivity contribution in [3.05, 3.63) is 42.0 Å². The molecule has 0 aliphatic carbocycles. The third-order valence-corrected chi connectivity index (χ3v) is 1.75. The molecule has 1 aromatic rings. The van der Waals surface area contributed by atoms with Crippen LogP contribution in [-0.2, 0) is 25.9 Å². The summed E-state index contributed by atoms with van der Waals surface area (Å²) in [6, 6.07) is 8.55. The average molecular weight is 212 g/mol. The van der Waals surface area contributed by atoms with Gasteiger partial charge in [0.25, 0.3) is 0 Å². The van der Waals surface area contributed by atoms with Crippen LogP contribution in [0.4, 0.5) is 0 Å². The molecule has 0 nitrogen and oxygen atoms in total. The van der Waals surface area contributed by atoms with E-state index in [2.05, 4.69) is 37.8 Å². The van der Waals surface area contributed by atoms with Gasteiger partial charge in [-0.3, -0.25) is 0 Å². The quantitative estimate of drug-likeness (QED) is 0.673. The molecule has 0 aromatic heterocycles. The van der Waals surface area contributed by atoms with Crippen LogP contribution in [0.3, 0.4) is 0 Å². The summed E-state index contributed by atoms with van der Waals surface area (Å²) < 4.78 is 0. The molecule has 0 atom stereocenters. The van der Waals surface area contributed by atoms with Crippen molar-refractivity contribution in [2.45, 2.75) is 19.8 Å². The molecular formula is C11H14Zn. The Hall–Kier alpha value is -0.417. The number of aryl methyl sites for hydroxylation is 1. The molecule has 0 unspecified atom stereocenters. The zero-order chi connectivity index (χ0) is 8.10. The van der Waals surface area contributed by atoms with Crippen LogP contribution in [0.15, 0.2) is 30.8 Å². The van der Waals surface area contributed by atoms with Gasteiger partial charge >= 0.3 is 0 Å². The fourth-order valence-corrected chi connectivity index (χ4v) is 1.11. The minimum absolute atomic E-state index is 0. The van der Waals surface area contributed by atoms with Crippen molar-refractivity contribution in [2.24, 2.45) is 0 Å². The molecule has 12 heavy (non-hydrogen) atoms. The molecule has 0 heterocycles. The van der Waals surface area contributed by atoms with Crippen LogP contribution in [-0.4, -0.2) is 0 Å². The van der Waals surface area contributed by atoms with Gasteiger partial charge in [-0.15, -0.1) is 0 Å². The van der Waals surface area contributed by atoms with Crippen LogP contribution in [0.5, 0.6) is 0 Å². The summed E-state index contributed by atoms with van der Waals surface area (Å²) in [5.74, 6) is 0. The molecule has 0 aliphatic heterocycles. The van der Waals surface area contributed by atoms with Gasteiger partial charge in [0.05, 0.1) is 0 Å². The van der Waals surface area contributed by atoms with Crippen molar-refractivity contribution < 1.29 is 19.5 Å². The molecule has 0 N–H and O–H groups in total. The molecule has 1 heteroatoms. The SMILES string of the molecule is C=Cc1ccc(CCC)cc1.[Zn]. The molecule has 0 saturated heterocycles. The molecular weight excluding hydrogens is 198 g/mol. The smallest absolute Gasteiger partial charge is 0 e. The standard InChI is InChI=1S/C11H14.Zn/c1-3-5-11-8-6-10(4-2)7-9-11;/h4,6-9H,2-3,5H2,1H3;. The molecule has 0 aliphatic rings. The van der Waals surface area contributed by atoms with E-state index in [-0.39, 0.29) is 19.5 Å². The van der Waals surface area contributed by atoms with Gasteiger partial charge < -0.3 is 0 Å². The molecule has 1 rings (SSSR count). The number of hydrogen-bond acceptors (Lipinski definition) is 0. The third-order valence-electron chi connectivity index (χ3n) is 1.75. The van der Waals surface area contributed by atoms with Gasteiger partial charge in [0.2, 0.25) is 0 Å². The molecule has 0 amide bonds. The topological polar surface area (TPSA) is 0 Å². The summed E-state index contributed by atoms with van der Waals surface area (Å²) in [6.45, 7) is 5.90. The van der Waals surface area contributed by atoms with Gasteiger partial charge in [0.1, 0.15) is 0 Å². The van der Waals surface area contributed by atoms with E-state index < -0.39 is 0 Å². The van der Waals surface area contributed by atoms with Gasteiger partial charge in [0, 0.05) is 19.5 Å². The van der Waals surface area contributed by atoms with E-state index in [1.165, 1.54) is 24.0 Å². The maximum absolute atomic E-state index is 3.71. The number of rotatable bonds is 3. The maximum atomic E-state index is 3.71. The number of benzene rings is 1.